The van der Waals surface area contributed by atoms with Crippen molar-refractivity contribution in [2.45, 2.75) is 18.9 Å². The number of aromatic nitrogens is 1. The number of nitrogens with zero attached hydrogens (tertiary/aromatic N) is 3. The number of rotatable bonds is 4. The molecule has 20 heavy (non-hydrogen) atoms. The molecular weight excluding hydrogens is 254 g/mol. The van der Waals surface area contributed by atoms with Gasteiger partial charge in [0, 0.05) is 51.6 Å². The molecule has 5 heteroatoms. The molecule has 0 spiro atoms. The summed E-state index contributed by atoms with van der Waals surface area (Å²) in [4.78, 5) is 9.28. The molecule has 0 amide bonds. The van der Waals surface area contributed by atoms with Crippen molar-refractivity contribution in [2.75, 3.05) is 51.3 Å². The Morgan fingerprint density at radius 2 is 2.20 bits per heavy atom. The molecule has 1 atom stereocenters. The fourth-order valence-corrected chi connectivity index (χ4v) is 2.94. The van der Waals surface area contributed by atoms with Crippen molar-refractivity contribution in [2.24, 2.45) is 0 Å². The first-order valence-corrected chi connectivity index (χ1v) is 7.44. The molecule has 0 N–H and O–H groups in total. The minimum atomic E-state index is 0.455. The zero-order valence-electron chi connectivity index (χ0n) is 12.1. The monoisotopic (exact) mass is 277 g/mol. The third kappa shape index (κ3) is 3.22. The number of anilines is 1. The van der Waals surface area contributed by atoms with E-state index in [1.807, 2.05) is 18.3 Å². The predicted molar refractivity (Wildman–Crippen MR) is 78.4 cm³/mol. The van der Waals surface area contributed by atoms with Gasteiger partial charge in [-0.1, -0.05) is 0 Å². The number of piperazine rings is 1. The summed E-state index contributed by atoms with van der Waals surface area (Å²) >= 11 is 0. The standard InChI is InChI=1S/C15H23N3O2/c1-19-13-4-5-16-15(11-13)18-8-6-17(7-9-18)12-14-3-2-10-20-14/h4-5,11,14H,2-3,6-10,12H2,1H3. The maximum absolute atomic E-state index is 5.71. The van der Waals surface area contributed by atoms with Crippen molar-refractivity contribution in [3.8, 4) is 5.75 Å². The molecule has 0 saturated carbocycles. The molecule has 1 unspecified atom stereocenters. The van der Waals surface area contributed by atoms with Gasteiger partial charge in [0.2, 0.25) is 0 Å². The van der Waals surface area contributed by atoms with E-state index in [-0.39, 0.29) is 0 Å². The summed E-state index contributed by atoms with van der Waals surface area (Å²) in [7, 11) is 1.69. The van der Waals surface area contributed by atoms with Gasteiger partial charge in [0.15, 0.2) is 0 Å². The normalized spacial score (nSPS) is 24.1. The largest absolute Gasteiger partial charge is 0.497 e. The van der Waals surface area contributed by atoms with Crippen molar-refractivity contribution >= 4 is 5.82 Å². The first-order valence-electron chi connectivity index (χ1n) is 7.44. The summed E-state index contributed by atoms with van der Waals surface area (Å²) in [5, 5.41) is 0. The third-order valence-corrected chi connectivity index (χ3v) is 4.13. The third-order valence-electron chi connectivity index (χ3n) is 4.13. The lowest BCUT2D eigenvalue weighted by atomic mass is 10.2. The second-order valence-electron chi connectivity index (χ2n) is 5.48. The molecule has 1 aromatic heterocycles. The van der Waals surface area contributed by atoms with Crippen molar-refractivity contribution < 1.29 is 9.47 Å². The van der Waals surface area contributed by atoms with Crippen LogP contribution in [0.15, 0.2) is 18.3 Å². The smallest absolute Gasteiger partial charge is 0.132 e. The number of hydrogen-bond donors (Lipinski definition) is 0. The van der Waals surface area contributed by atoms with Crippen LogP contribution >= 0.6 is 0 Å². The van der Waals surface area contributed by atoms with E-state index >= 15 is 0 Å². The molecule has 0 bridgehead atoms. The highest BCUT2D eigenvalue weighted by molar-refractivity contribution is 5.43. The Morgan fingerprint density at radius 3 is 2.90 bits per heavy atom. The van der Waals surface area contributed by atoms with Gasteiger partial charge in [-0.3, -0.25) is 4.90 Å². The van der Waals surface area contributed by atoms with Crippen LogP contribution in [0, 0.1) is 0 Å². The zero-order valence-corrected chi connectivity index (χ0v) is 12.1. The van der Waals surface area contributed by atoms with E-state index in [1.54, 1.807) is 7.11 Å². The Kier molecular flexibility index (Phi) is 4.38. The summed E-state index contributed by atoms with van der Waals surface area (Å²) in [5.41, 5.74) is 0. The minimum absolute atomic E-state index is 0.455. The van der Waals surface area contributed by atoms with Crippen LogP contribution in [0.4, 0.5) is 5.82 Å². The molecular formula is C15H23N3O2. The lowest BCUT2D eigenvalue weighted by molar-refractivity contribution is 0.0712. The average Bonchev–Trinajstić information content (AvgIpc) is 3.01. The quantitative estimate of drug-likeness (QED) is 0.831. The van der Waals surface area contributed by atoms with Crippen molar-refractivity contribution in [3.05, 3.63) is 18.3 Å². The molecule has 2 aliphatic heterocycles. The summed E-state index contributed by atoms with van der Waals surface area (Å²) in [5.74, 6) is 1.89. The van der Waals surface area contributed by atoms with Crippen LogP contribution in [-0.2, 0) is 4.74 Å². The van der Waals surface area contributed by atoms with Gasteiger partial charge < -0.3 is 14.4 Å². The van der Waals surface area contributed by atoms with Gasteiger partial charge >= 0.3 is 0 Å². The van der Waals surface area contributed by atoms with Crippen LogP contribution in [0.3, 0.4) is 0 Å². The van der Waals surface area contributed by atoms with E-state index in [0.29, 0.717) is 6.10 Å². The highest BCUT2D eigenvalue weighted by Gasteiger charge is 2.23. The molecule has 2 saturated heterocycles. The maximum atomic E-state index is 5.71. The second kappa shape index (κ2) is 6.41. The Bertz CT molecular complexity index is 427. The fraction of sp³-hybridized carbons (Fsp3) is 0.667. The minimum Gasteiger partial charge on any atom is -0.497 e. The van der Waals surface area contributed by atoms with Crippen LogP contribution in [0.1, 0.15) is 12.8 Å². The summed E-state index contributed by atoms with van der Waals surface area (Å²) < 4.78 is 11.0. The number of ether oxygens (including phenoxy) is 2. The van der Waals surface area contributed by atoms with E-state index in [0.717, 1.165) is 50.9 Å². The zero-order chi connectivity index (χ0) is 13.8. The maximum Gasteiger partial charge on any atom is 0.132 e. The van der Waals surface area contributed by atoms with Crippen LogP contribution in [0.25, 0.3) is 0 Å². The first-order chi connectivity index (χ1) is 9.85. The molecule has 2 fully saturated rings. The van der Waals surface area contributed by atoms with Crippen molar-refractivity contribution in [1.29, 1.82) is 0 Å². The highest BCUT2D eigenvalue weighted by atomic mass is 16.5. The number of hydrogen-bond acceptors (Lipinski definition) is 5. The van der Waals surface area contributed by atoms with E-state index in [9.17, 15) is 0 Å². The van der Waals surface area contributed by atoms with Gasteiger partial charge in [-0.25, -0.2) is 4.98 Å². The molecule has 0 aliphatic carbocycles. The van der Waals surface area contributed by atoms with E-state index < -0.39 is 0 Å². The van der Waals surface area contributed by atoms with Gasteiger partial charge in [-0.05, 0) is 18.9 Å². The van der Waals surface area contributed by atoms with Gasteiger partial charge in [0.1, 0.15) is 11.6 Å². The van der Waals surface area contributed by atoms with E-state index in [2.05, 4.69) is 14.8 Å². The second-order valence-corrected chi connectivity index (χ2v) is 5.48. The van der Waals surface area contributed by atoms with Gasteiger partial charge in [-0.15, -0.1) is 0 Å². The van der Waals surface area contributed by atoms with E-state index in [4.69, 9.17) is 9.47 Å². The Labute approximate surface area is 120 Å². The number of pyridine rings is 1. The topological polar surface area (TPSA) is 37.8 Å². The van der Waals surface area contributed by atoms with E-state index in [1.165, 1.54) is 12.8 Å². The highest BCUT2D eigenvalue weighted by Crippen LogP contribution is 2.20. The molecule has 110 valence electrons. The predicted octanol–water partition coefficient (Wildman–Crippen LogP) is 1.39. The number of methoxy groups -OCH3 is 1. The summed E-state index contributed by atoms with van der Waals surface area (Å²) in [6, 6.07) is 3.90. The van der Waals surface area contributed by atoms with Crippen LogP contribution in [-0.4, -0.2) is 62.4 Å². The van der Waals surface area contributed by atoms with Crippen LogP contribution in [0.2, 0.25) is 0 Å². The molecule has 0 aromatic carbocycles. The van der Waals surface area contributed by atoms with Gasteiger partial charge in [-0.2, -0.15) is 0 Å². The SMILES string of the molecule is COc1ccnc(N2CCN(CC3CCCO3)CC2)c1. The van der Waals surface area contributed by atoms with Gasteiger partial charge in [0.25, 0.3) is 0 Å². The van der Waals surface area contributed by atoms with Crippen LogP contribution in [0.5, 0.6) is 5.75 Å². The molecule has 3 rings (SSSR count). The van der Waals surface area contributed by atoms with Gasteiger partial charge in [0.05, 0.1) is 13.2 Å². The molecule has 3 heterocycles. The van der Waals surface area contributed by atoms with Crippen LogP contribution < -0.4 is 9.64 Å². The lowest BCUT2D eigenvalue weighted by Crippen LogP contribution is -2.48. The molecule has 0 radical (unpaired) electrons. The summed E-state index contributed by atoms with van der Waals surface area (Å²) in [6.07, 6.45) is 4.71. The van der Waals surface area contributed by atoms with Crippen molar-refractivity contribution in [3.63, 3.8) is 0 Å². The Morgan fingerprint density at radius 1 is 1.35 bits per heavy atom. The summed E-state index contributed by atoms with van der Waals surface area (Å²) in [6.45, 7) is 6.23. The molecule has 5 nitrogen and oxygen atoms in total. The lowest BCUT2D eigenvalue weighted by Gasteiger charge is -2.36. The Hall–Kier alpha value is -1.33. The van der Waals surface area contributed by atoms with Crippen molar-refractivity contribution in [1.82, 2.24) is 9.88 Å². The fourth-order valence-electron chi connectivity index (χ4n) is 2.94. The molecule has 2 aliphatic rings. The average molecular weight is 277 g/mol. The first kappa shape index (κ1) is 13.6. The Balaban J connectivity index is 1.52. The molecule has 1 aromatic rings.